The summed E-state index contributed by atoms with van der Waals surface area (Å²) in [5.74, 6) is 0.245. The molecule has 0 bridgehead atoms. The first-order chi connectivity index (χ1) is 6.77. The molecule has 76 valence electrons. The summed E-state index contributed by atoms with van der Waals surface area (Å²) < 4.78 is 5.45. The summed E-state index contributed by atoms with van der Waals surface area (Å²) in [6.45, 7) is 2.69. The second kappa shape index (κ2) is 2.83. The van der Waals surface area contributed by atoms with E-state index >= 15 is 0 Å². The van der Waals surface area contributed by atoms with E-state index in [4.69, 9.17) is 4.74 Å². The molecule has 1 unspecified atom stereocenters. The minimum absolute atomic E-state index is 0.00863. The maximum absolute atomic E-state index is 12.0. The van der Waals surface area contributed by atoms with Gasteiger partial charge in [-0.3, -0.25) is 4.79 Å². The van der Waals surface area contributed by atoms with Crippen molar-refractivity contribution in [2.45, 2.75) is 44.9 Å². The maximum Gasteiger partial charge on any atom is 0.252 e. The van der Waals surface area contributed by atoms with E-state index in [0.717, 1.165) is 31.4 Å². The lowest BCUT2D eigenvalue weighted by atomic mass is 9.87. The molecule has 0 aromatic heterocycles. The molecule has 14 heavy (non-hydrogen) atoms. The van der Waals surface area contributed by atoms with E-state index in [1.165, 1.54) is 12.0 Å². The predicted octanol–water partition coefficient (Wildman–Crippen LogP) is 1.44. The molecule has 1 amide bonds. The van der Waals surface area contributed by atoms with Gasteiger partial charge in [-0.15, -0.1) is 0 Å². The van der Waals surface area contributed by atoms with Crippen LogP contribution in [0.4, 0.5) is 0 Å². The molecular formula is C11H15NO2. The van der Waals surface area contributed by atoms with Crippen LogP contribution in [0.15, 0.2) is 11.1 Å². The Bertz CT molecular complexity index is 315. The highest BCUT2D eigenvalue weighted by molar-refractivity contribution is 5.97. The van der Waals surface area contributed by atoms with Gasteiger partial charge in [0.05, 0.1) is 12.6 Å². The third kappa shape index (κ3) is 0.989. The molecule has 0 N–H and O–H groups in total. The van der Waals surface area contributed by atoms with Gasteiger partial charge in [0.25, 0.3) is 5.91 Å². The monoisotopic (exact) mass is 193 g/mol. The molecule has 3 fully saturated rings. The van der Waals surface area contributed by atoms with Crippen molar-refractivity contribution in [3.63, 3.8) is 0 Å². The summed E-state index contributed by atoms with van der Waals surface area (Å²) in [7, 11) is 0. The lowest BCUT2D eigenvalue weighted by Gasteiger charge is -2.21. The van der Waals surface area contributed by atoms with Crippen LogP contribution in [0, 0.1) is 0 Å². The average molecular weight is 193 g/mol. The van der Waals surface area contributed by atoms with Crippen LogP contribution in [-0.2, 0) is 9.53 Å². The zero-order valence-electron chi connectivity index (χ0n) is 8.45. The van der Waals surface area contributed by atoms with Gasteiger partial charge in [-0.2, -0.15) is 0 Å². The third-order valence-corrected chi connectivity index (χ3v) is 3.63. The molecule has 2 saturated heterocycles. The van der Waals surface area contributed by atoms with Crippen LogP contribution < -0.4 is 0 Å². The minimum Gasteiger partial charge on any atom is -0.356 e. The second-order valence-electron chi connectivity index (χ2n) is 4.44. The van der Waals surface area contributed by atoms with E-state index in [-0.39, 0.29) is 12.1 Å². The van der Waals surface area contributed by atoms with Gasteiger partial charge >= 0.3 is 0 Å². The van der Waals surface area contributed by atoms with Crippen molar-refractivity contribution in [1.82, 2.24) is 4.90 Å². The van der Waals surface area contributed by atoms with Crippen LogP contribution in [0.3, 0.4) is 0 Å². The van der Waals surface area contributed by atoms with Crippen LogP contribution in [-0.4, -0.2) is 29.7 Å². The van der Waals surface area contributed by atoms with Gasteiger partial charge in [0.15, 0.2) is 0 Å². The number of carbonyl (C=O) groups excluding carboxylic acids is 1. The Morgan fingerprint density at radius 3 is 2.79 bits per heavy atom. The van der Waals surface area contributed by atoms with Crippen molar-refractivity contribution in [3.05, 3.63) is 11.1 Å². The Kier molecular flexibility index (Phi) is 1.71. The molecule has 2 aliphatic heterocycles. The Balaban J connectivity index is 1.91. The van der Waals surface area contributed by atoms with Crippen LogP contribution in [0.5, 0.6) is 0 Å². The zero-order valence-corrected chi connectivity index (χ0v) is 8.45. The molecule has 0 aromatic carbocycles. The van der Waals surface area contributed by atoms with Crippen LogP contribution >= 0.6 is 0 Å². The Morgan fingerprint density at radius 2 is 2.21 bits per heavy atom. The molecule has 0 spiro atoms. The summed E-state index contributed by atoms with van der Waals surface area (Å²) in [5.41, 5.74) is 2.52. The summed E-state index contributed by atoms with van der Waals surface area (Å²) in [4.78, 5) is 13.9. The number of nitrogens with zero attached hydrogens (tertiary/aromatic N) is 1. The number of amides is 1. The molecule has 0 radical (unpaired) electrons. The quantitative estimate of drug-likeness (QED) is 0.545. The second-order valence-corrected chi connectivity index (χ2v) is 4.44. The van der Waals surface area contributed by atoms with Gasteiger partial charge in [0.2, 0.25) is 0 Å². The highest BCUT2D eigenvalue weighted by atomic mass is 16.5. The molecule has 3 nitrogen and oxygen atoms in total. The highest BCUT2D eigenvalue weighted by Gasteiger charge is 2.44. The number of carbonyl (C=O) groups is 1. The van der Waals surface area contributed by atoms with E-state index in [9.17, 15) is 4.79 Å². The first kappa shape index (κ1) is 8.48. The number of rotatable bonds is 0. The molecule has 1 saturated carbocycles. The Labute approximate surface area is 83.7 Å². The fourth-order valence-corrected chi connectivity index (χ4v) is 2.63. The van der Waals surface area contributed by atoms with Gasteiger partial charge in [0, 0.05) is 12.0 Å². The van der Waals surface area contributed by atoms with Gasteiger partial charge in [0.1, 0.15) is 6.23 Å². The number of hydrogen-bond acceptors (Lipinski definition) is 2. The van der Waals surface area contributed by atoms with Crippen molar-refractivity contribution in [3.8, 4) is 0 Å². The third-order valence-electron chi connectivity index (χ3n) is 3.63. The summed E-state index contributed by atoms with van der Waals surface area (Å²) in [6, 6.07) is 0.334. The van der Waals surface area contributed by atoms with Crippen LogP contribution in [0.1, 0.15) is 32.6 Å². The van der Waals surface area contributed by atoms with Crippen molar-refractivity contribution < 1.29 is 9.53 Å². The van der Waals surface area contributed by atoms with Gasteiger partial charge < -0.3 is 9.64 Å². The largest absolute Gasteiger partial charge is 0.356 e. The summed E-state index contributed by atoms with van der Waals surface area (Å²) >= 11 is 0. The lowest BCUT2D eigenvalue weighted by molar-refractivity contribution is -0.130. The molecule has 3 rings (SSSR count). The molecule has 3 aliphatic rings. The average Bonchev–Trinajstić information content (AvgIpc) is 2.55. The lowest BCUT2D eigenvalue weighted by Crippen LogP contribution is -2.34. The first-order valence-electron chi connectivity index (χ1n) is 5.42. The smallest absolute Gasteiger partial charge is 0.252 e. The molecule has 3 heteroatoms. The predicted molar refractivity (Wildman–Crippen MR) is 51.5 cm³/mol. The zero-order chi connectivity index (χ0) is 9.71. The summed E-state index contributed by atoms with van der Waals surface area (Å²) in [6.07, 6.45) is 4.49. The van der Waals surface area contributed by atoms with Gasteiger partial charge in [-0.25, -0.2) is 0 Å². The summed E-state index contributed by atoms with van der Waals surface area (Å²) in [5, 5.41) is 0. The van der Waals surface area contributed by atoms with Gasteiger partial charge in [-0.1, -0.05) is 5.57 Å². The standard InChI is InChI=1S/C11H15NO2/c1-7-12-9(6-14-7)5-10(11(12)13)8-3-2-4-8/h7,9H,2-6H2,1H3/t7-,9?/m1/s1. The molecule has 0 aromatic rings. The topological polar surface area (TPSA) is 29.5 Å². The molecule has 1 aliphatic carbocycles. The molecule has 2 heterocycles. The van der Waals surface area contributed by atoms with E-state index < -0.39 is 0 Å². The van der Waals surface area contributed by atoms with Crippen molar-refractivity contribution >= 4 is 5.91 Å². The first-order valence-corrected chi connectivity index (χ1v) is 5.42. The molecular weight excluding hydrogens is 178 g/mol. The maximum atomic E-state index is 12.0. The van der Waals surface area contributed by atoms with Crippen molar-refractivity contribution in [1.29, 1.82) is 0 Å². The van der Waals surface area contributed by atoms with Crippen LogP contribution in [0.2, 0.25) is 0 Å². The van der Waals surface area contributed by atoms with E-state index in [1.54, 1.807) is 0 Å². The van der Waals surface area contributed by atoms with Crippen LogP contribution in [0.25, 0.3) is 0 Å². The Morgan fingerprint density at radius 1 is 1.43 bits per heavy atom. The van der Waals surface area contributed by atoms with E-state index in [2.05, 4.69) is 0 Å². The van der Waals surface area contributed by atoms with Crippen molar-refractivity contribution in [2.75, 3.05) is 6.61 Å². The van der Waals surface area contributed by atoms with E-state index in [0.29, 0.717) is 6.04 Å². The SMILES string of the molecule is C[C@H]1OCC2CC(=C3CCC3)C(=O)N21. The highest BCUT2D eigenvalue weighted by Crippen LogP contribution is 2.38. The number of hydrogen-bond donors (Lipinski definition) is 0. The normalized spacial score (nSPS) is 36.4. The minimum atomic E-state index is -0.00863. The van der Waals surface area contributed by atoms with E-state index in [1.807, 2.05) is 11.8 Å². The fourth-order valence-electron chi connectivity index (χ4n) is 2.63. The van der Waals surface area contributed by atoms with Gasteiger partial charge in [-0.05, 0) is 26.2 Å². The number of allylic oxidation sites excluding steroid dienone is 1. The van der Waals surface area contributed by atoms with Crippen molar-refractivity contribution in [2.24, 2.45) is 0 Å². The number of ether oxygens (including phenoxy) is 1. The fraction of sp³-hybridized carbons (Fsp3) is 0.727. The Hall–Kier alpha value is -0.830. The number of fused-ring (bicyclic) bond motifs is 1. The molecule has 2 atom stereocenters.